The molecule has 0 bridgehead atoms. The lowest BCUT2D eigenvalue weighted by molar-refractivity contribution is -0.137. The first kappa shape index (κ1) is 13.9. The quantitative estimate of drug-likeness (QED) is 0.826. The van der Waals surface area contributed by atoms with Crippen LogP contribution in [0.3, 0.4) is 0 Å². The van der Waals surface area contributed by atoms with Gasteiger partial charge in [-0.2, -0.15) is 13.2 Å². The number of alkyl halides is 3. The predicted molar refractivity (Wildman–Crippen MR) is 74.0 cm³/mol. The highest BCUT2D eigenvalue weighted by molar-refractivity contribution is 6.30. The zero-order valence-electron chi connectivity index (χ0n) is 10.6. The summed E-state index contributed by atoms with van der Waals surface area (Å²) in [5.74, 6) is 0.0268. The van der Waals surface area contributed by atoms with Gasteiger partial charge < -0.3 is 10.6 Å². The third kappa shape index (κ3) is 2.87. The lowest BCUT2D eigenvalue weighted by atomic mass is 10.1. The minimum Gasteiger partial charge on any atom is -0.384 e. The molecule has 1 aromatic heterocycles. The Labute approximate surface area is 123 Å². The Morgan fingerprint density at radius 3 is 2.81 bits per heavy atom. The number of anilines is 3. The zero-order valence-corrected chi connectivity index (χ0v) is 11.4. The first-order valence-electron chi connectivity index (χ1n) is 6.17. The Balaban J connectivity index is 1.84. The van der Waals surface area contributed by atoms with E-state index in [0.717, 1.165) is 24.2 Å². The molecule has 2 aromatic rings. The van der Waals surface area contributed by atoms with Crippen LogP contribution in [0.4, 0.5) is 30.5 Å². The Hall–Kier alpha value is -2.02. The molecule has 21 heavy (non-hydrogen) atoms. The van der Waals surface area contributed by atoms with Crippen molar-refractivity contribution < 1.29 is 13.2 Å². The molecule has 0 amide bonds. The fourth-order valence-electron chi connectivity index (χ4n) is 2.12. The van der Waals surface area contributed by atoms with Crippen LogP contribution in [0.5, 0.6) is 0 Å². The fourth-order valence-corrected chi connectivity index (χ4v) is 2.36. The number of halogens is 4. The summed E-state index contributed by atoms with van der Waals surface area (Å²) in [5, 5.41) is 5.45. The molecule has 0 atom stereocenters. The van der Waals surface area contributed by atoms with E-state index in [-0.39, 0.29) is 5.95 Å². The standard InChI is InChI=1S/C13H10ClF3N4/c14-11-9(13(15,16)17)6-19-12(21-11)20-8-1-2-10-7(5-8)3-4-18-10/h1-2,5-6,18H,3-4H2,(H,19,20,21). The van der Waals surface area contributed by atoms with Crippen molar-refractivity contribution in [2.24, 2.45) is 0 Å². The van der Waals surface area contributed by atoms with Crippen LogP contribution in [0.25, 0.3) is 0 Å². The van der Waals surface area contributed by atoms with E-state index in [4.69, 9.17) is 11.6 Å². The molecule has 0 spiro atoms. The summed E-state index contributed by atoms with van der Waals surface area (Å²) < 4.78 is 37.7. The second kappa shape index (κ2) is 5.07. The maximum atomic E-state index is 12.6. The van der Waals surface area contributed by atoms with Crippen molar-refractivity contribution in [3.63, 3.8) is 0 Å². The Kier molecular flexibility index (Phi) is 3.36. The number of aromatic nitrogens is 2. The summed E-state index contributed by atoms with van der Waals surface area (Å²) in [6, 6.07) is 5.60. The van der Waals surface area contributed by atoms with Gasteiger partial charge in [0.15, 0.2) is 0 Å². The van der Waals surface area contributed by atoms with E-state index < -0.39 is 16.9 Å². The van der Waals surface area contributed by atoms with Crippen LogP contribution in [0.15, 0.2) is 24.4 Å². The van der Waals surface area contributed by atoms with Gasteiger partial charge >= 0.3 is 6.18 Å². The number of nitrogens with one attached hydrogen (secondary N) is 2. The van der Waals surface area contributed by atoms with Crippen LogP contribution in [-0.4, -0.2) is 16.5 Å². The van der Waals surface area contributed by atoms with Gasteiger partial charge in [0, 0.05) is 24.1 Å². The second-order valence-corrected chi connectivity index (χ2v) is 4.93. The van der Waals surface area contributed by atoms with Gasteiger partial charge in [-0.05, 0) is 30.2 Å². The number of fused-ring (bicyclic) bond motifs is 1. The highest BCUT2D eigenvalue weighted by atomic mass is 35.5. The van der Waals surface area contributed by atoms with Crippen molar-refractivity contribution in [2.75, 3.05) is 17.2 Å². The number of hydrogen-bond acceptors (Lipinski definition) is 4. The molecule has 0 radical (unpaired) electrons. The monoisotopic (exact) mass is 314 g/mol. The lowest BCUT2D eigenvalue weighted by Gasteiger charge is -2.10. The van der Waals surface area contributed by atoms with Gasteiger partial charge in [-0.1, -0.05) is 11.6 Å². The molecular formula is C13H10ClF3N4. The molecular weight excluding hydrogens is 305 g/mol. The molecule has 0 saturated carbocycles. The van der Waals surface area contributed by atoms with Gasteiger partial charge in [-0.25, -0.2) is 9.97 Å². The molecule has 0 aliphatic carbocycles. The normalized spacial score (nSPS) is 13.7. The second-order valence-electron chi connectivity index (χ2n) is 4.57. The predicted octanol–water partition coefficient (Wildman–Crippen LogP) is 3.86. The summed E-state index contributed by atoms with van der Waals surface area (Å²) >= 11 is 5.55. The zero-order chi connectivity index (χ0) is 15.0. The molecule has 1 aliphatic rings. The number of benzene rings is 1. The Morgan fingerprint density at radius 2 is 2.10 bits per heavy atom. The SMILES string of the molecule is FC(F)(F)c1cnc(Nc2ccc3c(c2)CCN3)nc1Cl. The van der Waals surface area contributed by atoms with Crippen molar-refractivity contribution in [3.05, 3.63) is 40.7 Å². The summed E-state index contributed by atoms with van der Waals surface area (Å²) in [5.41, 5.74) is 1.85. The third-order valence-electron chi connectivity index (χ3n) is 3.12. The number of hydrogen-bond donors (Lipinski definition) is 2. The number of nitrogens with zero attached hydrogens (tertiary/aromatic N) is 2. The smallest absolute Gasteiger partial charge is 0.384 e. The van der Waals surface area contributed by atoms with E-state index in [0.29, 0.717) is 11.9 Å². The highest BCUT2D eigenvalue weighted by Gasteiger charge is 2.34. The van der Waals surface area contributed by atoms with Crippen molar-refractivity contribution in [1.82, 2.24) is 9.97 Å². The van der Waals surface area contributed by atoms with Crippen LogP contribution in [0, 0.1) is 0 Å². The van der Waals surface area contributed by atoms with E-state index >= 15 is 0 Å². The van der Waals surface area contributed by atoms with Crippen molar-refractivity contribution in [1.29, 1.82) is 0 Å². The molecule has 0 fully saturated rings. The minimum absolute atomic E-state index is 0.0268. The van der Waals surface area contributed by atoms with E-state index in [9.17, 15) is 13.2 Å². The average Bonchev–Trinajstić information content (AvgIpc) is 2.84. The van der Waals surface area contributed by atoms with E-state index in [1.54, 1.807) is 6.07 Å². The molecule has 2 N–H and O–H groups in total. The summed E-state index contributed by atoms with van der Waals surface area (Å²) in [6.07, 6.45) is -2.99. The first-order chi connectivity index (χ1) is 9.93. The van der Waals surface area contributed by atoms with Crippen LogP contribution >= 0.6 is 11.6 Å². The lowest BCUT2D eigenvalue weighted by Crippen LogP contribution is -2.09. The number of rotatable bonds is 2. The Morgan fingerprint density at radius 1 is 1.29 bits per heavy atom. The molecule has 1 aliphatic heterocycles. The molecule has 110 valence electrons. The topological polar surface area (TPSA) is 49.8 Å². The Bertz CT molecular complexity index is 688. The van der Waals surface area contributed by atoms with Crippen LogP contribution in [0.1, 0.15) is 11.1 Å². The average molecular weight is 315 g/mol. The van der Waals surface area contributed by atoms with Crippen LogP contribution < -0.4 is 10.6 Å². The van der Waals surface area contributed by atoms with Gasteiger partial charge in [0.05, 0.1) is 0 Å². The molecule has 1 aromatic carbocycles. The molecule has 4 nitrogen and oxygen atoms in total. The molecule has 0 unspecified atom stereocenters. The van der Waals surface area contributed by atoms with E-state index in [1.807, 2.05) is 12.1 Å². The molecule has 0 saturated heterocycles. The first-order valence-corrected chi connectivity index (χ1v) is 6.55. The van der Waals surface area contributed by atoms with Crippen molar-refractivity contribution in [3.8, 4) is 0 Å². The van der Waals surface area contributed by atoms with Gasteiger partial charge in [0.2, 0.25) is 5.95 Å². The van der Waals surface area contributed by atoms with E-state index in [2.05, 4.69) is 20.6 Å². The largest absolute Gasteiger partial charge is 0.420 e. The van der Waals surface area contributed by atoms with Gasteiger partial charge in [-0.3, -0.25) is 0 Å². The van der Waals surface area contributed by atoms with Gasteiger partial charge in [-0.15, -0.1) is 0 Å². The van der Waals surface area contributed by atoms with Gasteiger partial charge in [0.25, 0.3) is 0 Å². The minimum atomic E-state index is -4.56. The summed E-state index contributed by atoms with van der Waals surface area (Å²) in [4.78, 5) is 7.29. The van der Waals surface area contributed by atoms with Crippen molar-refractivity contribution >= 4 is 28.9 Å². The van der Waals surface area contributed by atoms with Crippen LogP contribution in [0.2, 0.25) is 5.15 Å². The maximum Gasteiger partial charge on any atom is 0.420 e. The maximum absolute atomic E-state index is 12.6. The van der Waals surface area contributed by atoms with Crippen LogP contribution in [-0.2, 0) is 12.6 Å². The van der Waals surface area contributed by atoms with E-state index in [1.165, 1.54) is 0 Å². The summed E-state index contributed by atoms with van der Waals surface area (Å²) in [7, 11) is 0. The van der Waals surface area contributed by atoms with Crippen molar-refractivity contribution in [2.45, 2.75) is 12.6 Å². The third-order valence-corrected chi connectivity index (χ3v) is 3.41. The van der Waals surface area contributed by atoms with Gasteiger partial charge in [0.1, 0.15) is 10.7 Å². The fraction of sp³-hybridized carbons (Fsp3) is 0.231. The molecule has 2 heterocycles. The molecule has 3 rings (SSSR count). The molecule has 8 heteroatoms. The summed E-state index contributed by atoms with van der Waals surface area (Å²) in [6.45, 7) is 0.876. The highest BCUT2D eigenvalue weighted by Crippen LogP contribution is 2.34.